The van der Waals surface area contributed by atoms with Gasteiger partial charge in [-0.3, -0.25) is 29.9 Å². The van der Waals surface area contributed by atoms with Crippen LogP contribution >= 0.6 is 0 Å². The number of nitrogens with zero attached hydrogens (tertiary/aromatic N) is 10. The van der Waals surface area contributed by atoms with Gasteiger partial charge in [0.2, 0.25) is 0 Å². The quantitative estimate of drug-likeness (QED) is 0.0310. The molecule has 17 rings (SSSR count). The van der Waals surface area contributed by atoms with Crippen molar-refractivity contribution in [2.24, 2.45) is 11.8 Å². The number of carbonyl (C=O) groups is 8. The summed E-state index contributed by atoms with van der Waals surface area (Å²) in [6.45, 7) is 32.2. The molecule has 128 heavy (non-hydrogen) atoms. The smallest absolute Gasteiger partial charge is 0.357 e. The van der Waals surface area contributed by atoms with Crippen LogP contribution in [0.25, 0.3) is 0 Å². The monoisotopic (exact) mass is 1750 g/mol. The summed E-state index contributed by atoms with van der Waals surface area (Å²) in [5, 5.41) is 30.3. The highest BCUT2D eigenvalue weighted by Crippen LogP contribution is 2.16. The first-order valence-corrected chi connectivity index (χ1v) is 42.5. The number of carboxylic acids is 1. The number of esters is 7. The van der Waals surface area contributed by atoms with Gasteiger partial charge in [0.1, 0.15) is 53.3 Å². The van der Waals surface area contributed by atoms with E-state index < -0.39 is 5.97 Å². The summed E-state index contributed by atoms with van der Waals surface area (Å²) in [5.41, 5.74) is 13.5. The highest BCUT2D eigenvalue weighted by Gasteiger charge is 2.27. The van der Waals surface area contributed by atoms with E-state index in [1.165, 1.54) is 29.6 Å². The van der Waals surface area contributed by atoms with Crippen LogP contribution in [0.1, 0.15) is 165 Å². The van der Waals surface area contributed by atoms with Gasteiger partial charge >= 0.3 is 47.8 Å². The molecule has 0 spiro atoms. The third-order valence-electron chi connectivity index (χ3n) is 19.5. The molecule has 33 heteroatoms. The van der Waals surface area contributed by atoms with Crippen LogP contribution < -0.4 is 37.2 Å². The molecular weight excluding hydrogens is 1640 g/mol. The van der Waals surface area contributed by atoms with Crippen LogP contribution in [-0.4, -0.2) is 238 Å². The molecule has 33 nitrogen and oxygen atoms in total. The lowest BCUT2D eigenvalue weighted by molar-refractivity contribution is 0.0161. The van der Waals surface area contributed by atoms with Crippen molar-refractivity contribution in [3.63, 3.8) is 0 Å². The molecule has 0 aromatic carbocycles. The summed E-state index contributed by atoms with van der Waals surface area (Å²) < 4.78 is 36.6. The molecule has 4 atom stereocenters. The molecule has 0 aliphatic carbocycles. The Kier molecular flexibility index (Phi) is 43.5. The molecule has 678 valence electrons. The van der Waals surface area contributed by atoms with E-state index in [0.29, 0.717) is 64.4 Å². The highest BCUT2D eigenvalue weighted by atomic mass is 16.6. The van der Waals surface area contributed by atoms with Gasteiger partial charge < -0.3 is 75.5 Å². The maximum absolute atomic E-state index is 11.7. The molecular formula is C95H117N17O16. The van der Waals surface area contributed by atoms with E-state index in [0.717, 1.165) is 162 Å². The molecule has 0 bridgehead atoms. The second-order valence-corrected chi connectivity index (χ2v) is 31.1. The number of ether oxygens (including phenoxy) is 7. The van der Waals surface area contributed by atoms with Crippen LogP contribution in [0.5, 0.6) is 0 Å². The lowest BCUT2D eigenvalue weighted by Gasteiger charge is -2.26. The molecule has 0 radical (unpaired) electrons. The lowest BCUT2D eigenvalue weighted by Crippen LogP contribution is -2.49. The highest BCUT2D eigenvalue weighted by molar-refractivity contribution is 5.91. The summed E-state index contributed by atoms with van der Waals surface area (Å²) in [5.74, 6) is -2.16. The molecule has 17 heterocycles. The molecule has 10 aromatic heterocycles. The number of carbonyl (C=O) groups excluding carboxylic acids is 7. The van der Waals surface area contributed by atoms with E-state index in [4.69, 9.17) is 38.3 Å². The minimum Gasteiger partial charge on any atom is -0.477 e. The first kappa shape index (κ1) is 100. The van der Waals surface area contributed by atoms with E-state index in [2.05, 4.69) is 87.1 Å². The molecule has 7 saturated heterocycles. The largest absolute Gasteiger partial charge is 0.477 e. The summed E-state index contributed by atoms with van der Waals surface area (Å²) >= 11 is 0. The Morgan fingerprint density at radius 3 is 0.922 bits per heavy atom. The van der Waals surface area contributed by atoms with Gasteiger partial charge in [-0.15, -0.1) is 0 Å². The Balaban J connectivity index is 0.000000177. The number of hydrogen-bond acceptors (Lipinski definition) is 32. The fourth-order valence-electron chi connectivity index (χ4n) is 11.5. The van der Waals surface area contributed by atoms with Crippen molar-refractivity contribution in [3.8, 4) is 0 Å². The number of aryl methyl sites for hydroxylation is 10. The van der Waals surface area contributed by atoms with Gasteiger partial charge in [0, 0.05) is 175 Å². The van der Waals surface area contributed by atoms with Crippen molar-refractivity contribution >= 4 is 47.8 Å². The number of pyridine rings is 10. The number of aromatic nitrogens is 10. The van der Waals surface area contributed by atoms with Crippen molar-refractivity contribution in [2.75, 3.05) is 105 Å². The Labute approximate surface area is 746 Å². The minimum atomic E-state index is -0.986. The molecule has 0 amide bonds. The topological polar surface area (TPSA) is 435 Å². The van der Waals surface area contributed by atoms with E-state index in [9.17, 15) is 38.4 Å². The number of rotatable bonds is 17. The Morgan fingerprint density at radius 1 is 0.289 bits per heavy atom. The molecule has 8 N–H and O–H groups in total. The maximum Gasteiger partial charge on any atom is 0.357 e. The second kappa shape index (κ2) is 55.5. The molecule has 7 fully saturated rings. The average molecular weight is 1750 g/mol. The fraction of sp³-hybridized carbons (Fsp3) is 0.389. The number of aromatic carboxylic acids is 1. The van der Waals surface area contributed by atoms with Gasteiger partial charge in [0.25, 0.3) is 0 Å². The minimum absolute atomic E-state index is 0.000558. The van der Waals surface area contributed by atoms with Crippen molar-refractivity contribution in [2.45, 2.75) is 125 Å². The second-order valence-electron chi connectivity index (χ2n) is 31.1. The molecule has 7 aliphatic rings. The summed E-state index contributed by atoms with van der Waals surface area (Å²) in [6, 6.07) is 34.2. The Hall–Kier alpha value is -13.0. The van der Waals surface area contributed by atoms with E-state index in [-0.39, 0.29) is 78.0 Å². The molecule has 7 aliphatic heterocycles. The van der Waals surface area contributed by atoms with Gasteiger partial charge in [0.15, 0.2) is 0 Å². The van der Waals surface area contributed by atoms with E-state index in [1.807, 2.05) is 136 Å². The van der Waals surface area contributed by atoms with Gasteiger partial charge in [0.05, 0.1) is 35.5 Å². The van der Waals surface area contributed by atoms with Crippen LogP contribution in [-0.2, 0) is 33.2 Å². The molecule has 0 unspecified atom stereocenters. The fourth-order valence-corrected chi connectivity index (χ4v) is 11.5. The molecule has 0 saturated carbocycles. The van der Waals surface area contributed by atoms with Crippen LogP contribution in [0.3, 0.4) is 0 Å². The molecule has 10 aromatic rings. The SMILES string of the molecule is Cc1ccc(C(=O)O)nc1.Cc1ccc(C(=O)OC2CNC2)nc1.Cc1ccc(C(=O)OCC2CNC2)cn1.Cc1ccc(C(=O)OCC2CNC2)nc1.Cc1ccc(C(=O)O[C@@H]2CCNC2)cn1.Cc1ccc(C(=O)O[C@@H]2CCNC2)nc1.Cc1ccc(C(=O)O[C@H]2CCNC2)cn1.Cc1cccnc1.Cc1ccncc1.Cc1cncc(C(=O)O[C@H]2CCNC2)c1. The van der Waals surface area contributed by atoms with Crippen LogP contribution in [0.2, 0.25) is 0 Å². The first-order chi connectivity index (χ1) is 61.8. The zero-order chi connectivity index (χ0) is 91.8. The predicted molar refractivity (Wildman–Crippen MR) is 479 cm³/mol. The van der Waals surface area contributed by atoms with Crippen molar-refractivity contribution in [3.05, 3.63) is 297 Å². The third-order valence-corrected chi connectivity index (χ3v) is 19.5. The van der Waals surface area contributed by atoms with Crippen LogP contribution in [0.4, 0.5) is 0 Å². The predicted octanol–water partition coefficient (Wildman–Crippen LogP) is 9.55. The Morgan fingerprint density at radius 2 is 0.633 bits per heavy atom. The van der Waals surface area contributed by atoms with Crippen molar-refractivity contribution in [1.82, 2.24) is 87.1 Å². The van der Waals surface area contributed by atoms with Gasteiger partial charge in [-0.2, -0.15) is 0 Å². The maximum atomic E-state index is 11.7. The van der Waals surface area contributed by atoms with Gasteiger partial charge in [-0.1, -0.05) is 30.3 Å². The first-order valence-electron chi connectivity index (χ1n) is 42.5. The lowest BCUT2D eigenvalue weighted by atomic mass is 10.1. The zero-order valence-electron chi connectivity index (χ0n) is 74.2. The van der Waals surface area contributed by atoms with E-state index >= 15 is 0 Å². The summed E-state index contributed by atoms with van der Waals surface area (Å²) in [7, 11) is 0. The summed E-state index contributed by atoms with van der Waals surface area (Å²) in [6.07, 6.45) is 25.3. The Bertz CT molecular complexity index is 4700. The van der Waals surface area contributed by atoms with Gasteiger partial charge in [-0.05, 0) is 245 Å². The normalized spacial score (nSPS) is 16.6. The van der Waals surface area contributed by atoms with E-state index in [1.54, 1.807) is 110 Å². The average Bonchev–Trinajstić information content (AvgIpc) is 1.02. The van der Waals surface area contributed by atoms with Crippen molar-refractivity contribution < 1.29 is 76.6 Å². The number of nitrogens with one attached hydrogen (secondary N) is 7. The zero-order valence-corrected chi connectivity index (χ0v) is 74.2. The number of carboxylic acid groups (broad SMARTS) is 1. The van der Waals surface area contributed by atoms with Crippen LogP contribution in [0.15, 0.2) is 196 Å². The summed E-state index contributed by atoms with van der Waals surface area (Å²) in [4.78, 5) is 131. The number of hydrogen-bond donors (Lipinski definition) is 8. The van der Waals surface area contributed by atoms with Gasteiger partial charge in [-0.25, -0.2) is 58.3 Å². The van der Waals surface area contributed by atoms with Crippen LogP contribution in [0, 0.1) is 81.1 Å². The standard InChI is InChI=1S/6C11H14N2O2.C10H12N2O2.C7H7NO2.2C6H7N/c1-8-4-9(6-13-5-8)11(14)15-10-2-3-12-7-10;1-8-2-3-10(6-13-8)11(14)15-7-9-4-12-5-9;1-8-2-3-10(13-4-8)11(14)15-7-9-5-12-6-9;2*1-8-2-3-9(6-13-8)11(14)15-10-4-5-12-7-10;1-8-2-3-10(13-6-8)11(14)15-9-4-5-12-7-9;1-7-2-3-9(12-4-7)10(13)14-8-5-11-6-8;1-5-2-3-6(7(9)10)8-4-5;1-6-2-4-7-5-3-6;1-6-3-2-4-7-5-6/h4-6,10,12H,2-3,7H2,1H3;2-3,6,9,12H,4-5,7H2,1H3;2-4,9,12H,5-7H2,1H3;2*2-3,6,10,12H,4-5,7H2,1H3;2-3,6,9,12H,4-5,7H2,1H3;2-4,8,11H,5-6H2,1H3;2-4H,1H3,(H,9,10);2*2-5H,1H3/t10-;;;2*10-;9-;;;;/m0..101..../s1. The van der Waals surface area contributed by atoms with Crippen molar-refractivity contribution in [1.29, 1.82) is 0 Å². The third kappa shape index (κ3) is 38.8.